The highest BCUT2D eigenvalue weighted by Gasteiger charge is 2.24. The molecule has 100 valence electrons. The van der Waals surface area contributed by atoms with Crippen LogP contribution in [0.4, 0.5) is 0 Å². The van der Waals surface area contributed by atoms with Gasteiger partial charge in [0, 0.05) is 29.4 Å². The molecule has 6 heteroatoms. The molecule has 3 N–H and O–H groups in total. The molecule has 0 aromatic rings. The van der Waals surface area contributed by atoms with E-state index in [1.807, 2.05) is 13.8 Å². The van der Waals surface area contributed by atoms with Crippen LogP contribution < -0.4 is 10.6 Å². The third kappa shape index (κ3) is 7.46. The Labute approximate surface area is 105 Å². The van der Waals surface area contributed by atoms with Gasteiger partial charge < -0.3 is 15.7 Å². The molecule has 5 nitrogen and oxygen atoms in total. The van der Waals surface area contributed by atoms with Crippen molar-refractivity contribution in [1.82, 2.24) is 10.6 Å². The molecule has 0 bridgehead atoms. The van der Waals surface area contributed by atoms with Crippen LogP contribution in [0.5, 0.6) is 0 Å². The number of carbonyl (C=O) groups excluding carboxylic acids is 1. The minimum atomic E-state index is -1.29. The first-order valence-electron chi connectivity index (χ1n) is 6.03. The first-order valence-corrected chi connectivity index (χ1v) is 7.52. The van der Waals surface area contributed by atoms with E-state index in [2.05, 4.69) is 10.6 Å². The van der Waals surface area contributed by atoms with Gasteiger partial charge in [0.25, 0.3) is 0 Å². The number of aliphatic hydroxyl groups excluding tert-OH is 1. The molecule has 0 aromatic carbocycles. The predicted molar refractivity (Wildman–Crippen MR) is 68.2 cm³/mol. The zero-order valence-electron chi connectivity index (χ0n) is 10.4. The molecule has 0 saturated heterocycles. The van der Waals surface area contributed by atoms with E-state index < -0.39 is 16.9 Å². The summed E-state index contributed by atoms with van der Waals surface area (Å²) in [7, 11) is -1.29. The van der Waals surface area contributed by atoms with Gasteiger partial charge in [0.2, 0.25) is 5.91 Å². The minimum Gasteiger partial charge on any atom is -0.391 e. The van der Waals surface area contributed by atoms with Crippen molar-refractivity contribution in [2.24, 2.45) is 0 Å². The fourth-order valence-corrected chi connectivity index (χ4v) is 2.39. The zero-order valence-corrected chi connectivity index (χ0v) is 11.3. The molecule has 17 heavy (non-hydrogen) atoms. The topological polar surface area (TPSA) is 78.4 Å². The third-order valence-electron chi connectivity index (χ3n) is 2.37. The highest BCUT2D eigenvalue weighted by Crippen LogP contribution is 2.18. The monoisotopic (exact) mass is 262 g/mol. The van der Waals surface area contributed by atoms with Crippen LogP contribution in [0, 0.1) is 0 Å². The van der Waals surface area contributed by atoms with Gasteiger partial charge in [-0.05, 0) is 12.8 Å². The van der Waals surface area contributed by atoms with Gasteiger partial charge in [0.15, 0.2) is 0 Å². The highest BCUT2D eigenvalue weighted by molar-refractivity contribution is 7.85. The summed E-state index contributed by atoms with van der Waals surface area (Å²) >= 11 is 0. The van der Waals surface area contributed by atoms with Crippen molar-refractivity contribution in [2.45, 2.75) is 44.9 Å². The minimum absolute atomic E-state index is 0.00472. The summed E-state index contributed by atoms with van der Waals surface area (Å²) in [5, 5.41) is 15.4. The van der Waals surface area contributed by atoms with Crippen LogP contribution in [-0.4, -0.2) is 51.5 Å². The van der Waals surface area contributed by atoms with Crippen molar-refractivity contribution < 1.29 is 14.1 Å². The number of carbonyl (C=O) groups is 1. The molecule has 1 aliphatic carbocycles. The van der Waals surface area contributed by atoms with Crippen LogP contribution >= 0.6 is 0 Å². The smallest absolute Gasteiger partial charge is 0.232 e. The molecule has 0 aromatic heterocycles. The van der Waals surface area contributed by atoms with Crippen molar-refractivity contribution in [3.63, 3.8) is 0 Å². The van der Waals surface area contributed by atoms with Crippen LogP contribution in [-0.2, 0) is 15.6 Å². The molecule has 0 aliphatic heterocycles. The van der Waals surface area contributed by atoms with Crippen LogP contribution in [0.15, 0.2) is 0 Å². The molecule has 1 amide bonds. The summed E-state index contributed by atoms with van der Waals surface area (Å²) in [5.74, 6) is -0.0256. The van der Waals surface area contributed by atoms with Crippen LogP contribution in [0.1, 0.15) is 26.7 Å². The van der Waals surface area contributed by atoms with Crippen molar-refractivity contribution in [3.05, 3.63) is 0 Å². The maximum Gasteiger partial charge on any atom is 0.232 e. The molecule has 1 saturated carbocycles. The Hall–Kier alpha value is -0.460. The van der Waals surface area contributed by atoms with Gasteiger partial charge >= 0.3 is 0 Å². The Morgan fingerprint density at radius 3 is 2.65 bits per heavy atom. The van der Waals surface area contributed by atoms with Crippen molar-refractivity contribution >= 4 is 16.7 Å². The average Bonchev–Trinajstić information content (AvgIpc) is 2.97. The number of hydrogen-bond acceptors (Lipinski definition) is 4. The number of rotatable bonds is 8. The SMILES string of the molecule is CC(C)NCC(O)CS(=O)CC(=O)NC1CC1. The summed E-state index contributed by atoms with van der Waals surface area (Å²) in [6.45, 7) is 4.37. The maximum absolute atomic E-state index is 11.6. The van der Waals surface area contributed by atoms with E-state index >= 15 is 0 Å². The fourth-order valence-electron chi connectivity index (χ4n) is 1.35. The van der Waals surface area contributed by atoms with E-state index in [1.165, 1.54) is 0 Å². The van der Waals surface area contributed by atoms with E-state index in [0.717, 1.165) is 12.8 Å². The Bertz CT molecular complexity index is 280. The highest BCUT2D eigenvalue weighted by atomic mass is 32.2. The standard InChI is InChI=1S/C11H22N2O3S/c1-8(2)12-5-10(14)6-17(16)7-11(15)13-9-3-4-9/h8-10,12,14H,3-7H2,1-2H3,(H,13,15). The van der Waals surface area contributed by atoms with E-state index in [0.29, 0.717) is 12.6 Å². The number of amides is 1. The van der Waals surface area contributed by atoms with Gasteiger partial charge in [-0.3, -0.25) is 9.00 Å². The predicted octanol–water partition coefficient (Wildman–Crippen LogP) is -0.627. The molecular weight excluding hydrogens is 240 g/mol. The second-order valence-electron chi connectivity index (χ2n) is 4.81. The Kier molecular flexibility index (Phi) is 6.08. The summed E-state index contributed by atoms with van der Waals surface area (Å²) in [5.41, 5.74) is 0. The van der Waals surface area contributed by atoms with E-state index in [-0.39, 0.29) is 23.5 Å². The van der Waals surface area contributed by atoms with Crippen LogP contribution in [0.25, 0.3) is 0 Å². The third-order valence-corrected chi connectivity index (χ3v) is 3.72. The van der Waals surface area contributed by atoms with E-state index in [9.17, 15) is 14.1 Å². The number of nitrogens with one attached hydrogen (secondary N) is 2. The van der Waals surface area contributed by atoms with Gasteiger partial charge in [-0.15, -0.1) is 0 Å². The lowest BCUT2D eigenvalue weighted by Crippen LogP contribution is -2.37. The van der Waals surface area contributed by atoms with Gasteiger partial charge in [-0.25, -0.2) is 0 Å². The molecule has 0 spiro atoms. The summed E-state index contributed by atoms with van der Waals surface area (Å²) in [6, 6.07) is 0.586. The average molecular weight is 262 g/mol. The normalized spacial score (nSPS) is 19.1. The first-order chi connectivity index (χ1) is 7.97. The lowest BCUT2D eigenvalue weighted by atomic mass is 10.3. The fraction of sp³-hybridized carbons (Fsp3) is 0.909. The molecule has 1 rings (SSSR count). The van der Waals surface area contributed by atoms with Crippen molar-refractivity contribution in [3.8, 4) is 0 Å². The second-order valence-corrected chi connectivity index (χ2v) is 6.31. The Morgan fingerprint density at radius 2 is 2.12 bits per heavy atom. The summed E-state index contributed by atoms with van der Waals surface area (Å²) < 4.78 is 11.6. The summed E-state index contributed by atoms with van der Waals surface area (Å²) in [6.07, 6.45) is 1.39. The van der Waals surface area contributed by atoms with Crippen molar-refractivity contribution in [1.29, 1.82) is 0 Å². The quantitative estimate of drug-likeness (QED) is 0.544. The second kappa shape index (κ2) is 7.08. The Balaban J connectivity index is 2.11. The molecule has 0 heterocycles. The van der Waals surface area contributed by atoms with Gasteiger partial charge in [-0.2, -0.15) is 0 Å². The summed E-state index contributed by atoms with van der Waals surface area (Å²) in [4.78, 5) is 11.4. The molecule has 2 atom stereocenters. The van der Waals surface area contributed by atoms with Gasteiger partial charge in [0.1, 0.15) is 5.75 Å². The molecular formula is C11H22N2O3S. The van der Waals surface area contributed by atoms with Crippen LogP contribution in [0.2, 0.25) is 0 Å². The number of aliphatic hydroxyl groups is 1. The van der Waals surface area contributed by atoms with Gasteiger partial charge in [0.05, 0.1) is 11.9 Å². The van der Waals surface area contributed by atoms with Crippen LogP contribution in [0.3, 0.4) is 0 Å². The number of hydrogen-bond donors (Lipinski definition) is 3. The van der Waals surface area contributed by atoms with E-state index in [4.69, 9.17) is 0 Å². The molecule has 1 aliphatic rings. The van der Waals surface area contributed by atoms with Crippen molar-refractivity contribution in [2.75, 3.05) is 18.1 Å². The zero-order chi connectivity index (χ0) is 12.8. The lowest BCUT2D eigenvalue weighted by Gasteiger charge is -2.13. The Morgan fingerprint density at radius 1 is 1.47 bits per heavy atom. The molecule has 0 radical (unpaired) electrons. The molecule has 2 unspecified atom stereocenters. The van der Waals surface area contributed by atoms with E-state index in [1.54, 1.807) is 0 Å². The van der Waals surface area contributed by atoms with Gasteiger partial charge in [-0.1, -0.05) is 13.8 Å². The largest absolute Gasteiger partial charge is 0.391 e. The lowest BCUT2D eigenvalue weighted by molar-refractivity contribution is -0.118. The maximum atomic E-state index is 11.6. The molecule has 1 fully saturated rings. The first kappa shape index (κ1) is 14.6.